The maximum Gasteiger partial charge on any atom is 0.229 e. The maximum absolute atomic E-state index is 13.1. The van der Waals surface area contributed by atoms with Crippen LogP contribution in [-0.4, -0.2) is 26.3 Å². The van der Waals surface area contributed by atoms with E-state index in [1.165, 1.54) is 0 Å². The van der Waals surface area contributed by atoms with Gasteiger partial charge in [0.2, 0.25) is 12.3 Å². The fourth-order valence-electron chi connectivity index (χ4n) is 3.23. The van der Waals surface area contributed by atoms with E-state index in [2.05, 4.69) is 23.2 Å². The SMILES string of the molecule is CSc1ccc2c(c1)C(c1ccccc1Cl)=[N+]([O-])Cc1ncc(C)n1-2. The lowest BCUT2D eigenvalue weighted by Crippen LogP contribution is -2.18. The number of hydrogen-bond acceptors (Lipinski definition) is 3. The van der Waals surface area contributed by atoms with Gasteiger partial charge in [-0.05, 0) is 43.5 Å². The number of aryl methyl sites for hydroxylation is 1. The van der Waals surface area contributed by atoms with E-state index in [0.717, 1.165) is 38.0 Å². The molecule has 2 heterocycles. The Labute approximate surface area is 155 Å². The van der Waals surface area contributed by atoms with Crippen LogP contribution < -0.4 is 0 Å². The molecule has 0 aliphatic carbocycles. The molecule has 2 aromatic carbocycles. The molecule has 1 aliphatic rings. The molecule has 0 bridgehead atoms. The first-order valence-corrected chi connectivity index (χ1v) is 9.49. The molecule has 6 heteroatoms. The highest BCUT2D eigenvalue weighted by molar-refractivity contribution is 7.98. The minimum Gasteiger partial charge on any atom is -0.623 e. The normalized spacial score (nSPS) is 13.4. The van der Waals surface area contributed by atoms with E-state index in [1.54, 1.807) is 18.0 Å². The minimum absolute atomic E-state index is 0.178. The van der Waals surface area contributed by atoms with Crippen LogP contribution in [0.2, 0.25) is 5.02 Å². The second-order valence-electron chi connectivity index (χ2n) is 5.90. The van der Waals surface area contributed by atoms with Gasteiger partial charge >= 0.3 is 0 Å². The Balaban J connectivity index is 2.08. The molecule has 0 unspecified atom stereocenters. The summed E-state index contributed by atoms with van der Waals surface area (Å²) in [6, 6.07) is 13.6. The first-order chi connectivity index (χ1) is 12.1. The Hall–Kier alpha value is -2.24. The Morgan fingerprint density at radius 3 is 2.76 bits per heavy atom. The van der Waals surface area contributed by atoms with Crippen molar-refractivity contribution in [3.05, 3.63) is 81.5 Å². The van der Waals surface area contributed by atoms with Crippen molar-refractivity contribution in [1.29, 1.82) is 0 Å². The Kier molecular flexibility index (Phi) is 4.06. The molecule has 0 saturated carbocycles. The Morgan fingerprint density at radius 1 is 1.20 bits per heavy atom. The summed E-state index contributed by atoms with van der Waals surface area (Å²) in [5.74, 6) is 0.729. The second kappa shape index (κ2) is 6.24. The summed E-state index contributed by atoms with van der Waals surface area (Å²) in [6.45, 7) is 2.18. The number of aromatic nitrogens is 2. The molecule has 25 heavy (non-hydrogen) atoms. The van der Waals surface area contributed by atoms with Crippen LogP contribution in [0.1, 0.15) is 22.6 Å². The lowest BCUT2D eigenvalue weighted by molar-refractivity contribution is -0.475. The minimum atomic E-state index is 0.178. The predicted octanol–water partition coefficient (Wildman–Crippen LogP) is 4.42. The predicted molar refractivity (Wildman–Crippen MR) is 102 cm³/mol. The maximum atomic E-state index is 13.1. The van der Waals surface area contributed by atoms with Crippen LogP contribution in [0.25, 0.3) is 5.69 Å². The number of imidazole rings is 1. The van der Waals surface area contributed by atoms with E-state index in [9.17, 15) is 5.21 Å². The van der Waals surface area contributed by atoms with Crippen LogP contribution in [0.4, 0.5) is 0 Å². The van der Waals surface area contributed by atoms with E-state index in [4.69, 9.17) is 11.6 Å². The molecule has 4 rings (SSSR count). The number of halogens is 1. The lowest BCUT2D eigenvalue weighted by atomic mass is 10.00. The van der Waals surface area contributed by atoms with Crippen molar-refractivity contribution < 1.29 is 4.74 Å². The quantitative estimate of drug-likeness (QED) is 0.381. The van der Waals surface area contributed by atoms with E-state index in [0.29, 0.717) is 10.7 Å². The molecule has 0 saturated heterocycles. The molecular formula is C19H16ClN3OS. The van der Waals surface area contributed by atoms with Crippen molar-refractivity contribution in [2.75, 3.05) is 6.26 Å². The number of rotatable bonds is 2. The van der Waals surface area contributed by atoms with Gasteiger partial charge in [0.05, 0.1) is 21.8 Å². The second-order valence-corrected chi connectivity index (χ2v) is 7.19. The molecule has 0 atom stereocenters. The molecule has 0 N–H and O–H groups in total. The highest BCUT2D eigenvalue weighted by Gasteiger charge is 2.29. The topological polar surface area (TPSA) is 43.9 Å². The van der Waals surface area contributed by atoms with Crippen molar-refractivity contribution in [1.82, 2.24) is 9.55 Å². The van der Waals surface area contributed by atoms with E-state index in [-0.39, 0.29) is 6.54 Å². The smallest absolute Gasteiger partial charge is 0.229 e. The highest BCUT2D eigenvalue weighted by Crippen LogP contribution is 2.31. The molecule has 126 valence electrons. The van der Waals surface area contributed by atoms with Crippen LogP contribution in [0.15, 0.2) is 53.6 Å². The van der Waals surface area contributed by atoms with Gasteiger partial charge in [-0.15, -0.1) is 11.8 Å². The fraction of sp³-hybridized carbons (Fsp3) is 0.158. The van der Waals surface area contributed by atoms with E-state index in [1.807, 2.05) is 42.0 Å². The third-order valence-corrected chi connectivity index (χ3v) is 5.43. The molecule has 0 amide bonds. The van der Waals surface area contributed by atoms with Gasteiger partial charge in [-0.25, -0.2) is 4.98 Å². The molecule has 4 nitrogen and oxygen atoms in total. The average molecular weight is 370 g/mol. The molecule has 0 fully saturated rings. The molecule has 1 aliphatic heterocycles. The largest absolute Gasteiger partial charge is 0.623 e. The van der Waals surface area contributed by atoms with Crippen LogP contribution >= 0.6 is 23.4 Å². The molecule has 0 spiro atoms. The number of hydrogen-bond donors (Lipinski definition) is 0. The molecule has 3 aromatic rings. The van der Waals surface area contributed by atoms with E-state index >= 15 is 0 Å². The van der Waals surface area contributed by atoms with Gasteiger partial charge < -0.3 is 5.21 Å². The van der Waals surface area contributed by atoms with Gasteiger partial charge in [0, 0.05) is 16.8 Å². The van der Waals surface area contributed by atoms with Gasteiger partial charge in [-0.2, -0.15) is 4.74 Å². The molecule has 1 aromatic heterocycles. The first-order valence-electron chi connectivity index (χ1n) is 7.88. The zero-order valence-electron chi connectivity index (χ0n) is 13.9. The molecular weight excluding hydrogens is 354 g/mol. The highest BCUT2D eigenvalue weighted by atomic mass is 35.5. The van der Waals surface area contributed by atoms with Gasteiger partial charge in [0.1, 0.15) is 0 Å². The monoisotopic (exact) mass is 369 g/mol. The summed E-state index contributed by atoms with van der Waals surface area (Å²) in [7, 11) is 0. The van der Waals surface area contributed by atoms with Gasteiger partial charge in [-0.1, -0.05) is 23.7 Å². The van der Waals surface area contributed by atoms with Gasteiger partial charge in [-0.3, -0.25) is 4.57 Å². The Morgan fingerprint density at radius 2 is 2.00 bits per heavy atom. The Bertz CT molecular complexity index is 1010. The summed E-state index contributed by atoms with van der Waals surface area (Å²) in [5, 5.41) is 13.6. The summed E-state index contributed by atoms with van der Waals surface area (Å²) in [5.41, 5.74) is 4.15. The lowest BCUT2D eigenvalue weighted by Gasteiger charge is -2.13. The number of hydroxylamine groups is 1. The standard InChI is InChI=1S/C19H16ClN3OS/c1-12-10-21-18-11-22(24)19(14-5-3-4-6-16(14)20)15-9-13(25-2)7-8-17(15)23(12)18/h3-10H,11H2,1-2H3. The van der Waals surface area contributed by atoms with Crippen molar-refractivity contribution in [2.24, 2.45) is 0 Å². The molecule has 0 radical (unpaired) electrons. The summed E-state index contributed by atoms with van der Waals surface area (Å²) >= 11 is 8.07. The summed E-state index contributed by atoms with van der Waals surface area (Å²) in [4.78, 5) is 5.52. The van der Waals surface area contributed by atoms with Crippen molar-refractivity contribution in [2.45, 2.75) is 18.4 Å². The van der Waals surface area contributed by atoms with Gasteiger partial charge in [0.25, 0.3) is 0 Å². The zero-order chi connectivity index (χ0) is 17.6. The van der Waals surface area contributed by atoms with Crippen LogP contribution in [0.3, 0.4) is 0 Å². The first kappa shape index (κ1) is 16.2. The van der Waals surface area contributed by atoms with Crippen molar-refractivity contribution in [3.63, 3.8) is 0 Å². The van der Waals surface area contributed by atoms with Crippen molar-refractivity contribution >= 4 is 29.1 Å². The fourth-order valence-corrected chi connectivity index (χ4v) is 3.89. The number of fused-ring (bicyclic) bond motifs is 3. The van der Waals surface area contributed by atoms with Gasteiger partial charge in [0.15, 0.2) is 5.82 Å². The third-order valence-electron chi connectivity index (χ3n) is 4.37. The zero-order valence-corrected chi connectivity index (χ0v) is 15.4. The van der Waals surface area contributed by atoms with E-state index < -0.39 is 0 Å². The summed E-state index contributed by atoms with van der Waals surface area (Å²) in [6.07, 6.45) is 3.83. The third kappa shape index (κ3) is 2.64. The number of nitrogens with zero attached hydrogens (tertiary/aromatic N) is 3. The van der Waals surface area contributed by atoms with Crippen molar-refractivity contribution in [3.8, 4) is 5.69 Å². The van der Waals surface area contributed by atoms with Crippen LogP contribution in [0.5, 0.6) is 0 Å². The number of benzene rings is 2. The van der Waals surface area contributed by atoms with Crippen LogP contribution in [-0.2, 0) is 6.54 Å². The number of thioether (sulfide) groups is 1. The summed E-state index contributed by atoms with van der Waals surface area (Å²) < 4.78 is 3.05. The average Bonchev–Trinajstić information content (AvgIpc) is 2.91. The van der Waals surface area contributed by atoms with Crippen LogP contribution in [0, 0.1) is 12.1 Å².